The maximum absolute atomic E-state index is 4.45. The molecule has 0 aromatic rings. The van der Waals surface area contributed by atoms with Crippen molar-refractivity contribution in [2.24, 2.45) is 4.99 Å². The van der Waals surface area contributed by atoms with Gasteiger partial charge in [0, 0.05) is 18.5 Å². The third-order valence-electron chi connectivity index (χ3n) is 3.03. The van der Waals surface area contributed by atoms with E-state index >= 15 is 0 Å². The van der Waals surface area contributed by atoms with Crippen LogP contribution < -0.4 is 5.32 Å². The molecule has 1 aliphatic heterocycles. The van der Waals surface area contributed by atoms with Crippen molar-refractivity contribution in [2.45, 2.75) is 51.0 Å². The second-order valence-electron chi connectivity index (χ2n) is 4.32. The highest BCUT2D eigenvalue weighted by molar-refractivity contribution is 5.84. The Morgan fingerprint density at radius 3 is 2.58 bits per heavy atom. The van der Waals surface area contributed by atoms with Crippen LogP contribution in [-0.4, -0.2) is 17.9 Å². The molecule has 0 aromatic heterocycles. The van der Waals surface area contributed by atoms with Gasteiger partial charge in [0.15, 0.2) is 0 Å². The summed E-state index contributed by atoms with van der Waals surface area (Å²) < 4.78 is 0. The molecule has 2 heteroatoms. The number of hydrogen-bond donors (Lipinski definition) is 1. The molecule has 0 aromatic carbocycles. The number of aliphatic imine (C=N–C) groups is 1. The maximum atomic E-state index is 4.45. The zero-order valence-electron chi connectivity index (χ0n) is 7.90. The van der Waals surface area contributed by atoms with Gasteiger partial charge >= 0.3 is 0 Å². The third-order valence-corrected chi connectivity index (χ3v) is 3.03. The summed E-state index contributed by atoms with van der Waals surface area (Å²) in [5.74, 6) is 1.26. The van der Waals surface area contributed by atoms with Gasteiger partial charge in [-0.25, -0.2) is 0 Å². The van der Waals surface area contributed by atoms with Crippen LogP contribution in [0, 0.1) is 0 Å². The van der Waals surface area contributed by atoms with E-state index in [1.54, 1.807) is 0 Å². The van der Waals surface area contributed by atoms with Crippen LogP contribution in [0.5, 0.6) is 0 Å². The van der Waals surface area contributed by atoms with Crippen LogP contribution in [0.2, 0.25) is 0 Å². The second kappa shape index (κ2) is 3.08. The Hall–Kier alpha value is -0.530. The van der Waals surface area contributed by atoms with Crippen molar-refractivity contribution >= 4 is 5.84 Å². The summed E-state index contributed by atoms with van der Waals surface area (Å²) in [5, 5.41) is 3.60. The van der Waals surface area contributed by atoms with Gasteiger partial charge < -0.3 is 5.32 Å². The topological polar surface area (TPSA) is 24.4 Å². The molecule has 0 atom stereocenters. The van der Waals surface area contributed by atoms with Gasteiger partial charge in [-0.3, -0.25) is 4.99 Å². The highest BCUT2D eigenvalue weighted by Gasteiger charge is 2.29. The van der Waals surface area contributed by atoms with E-state index in [1.807, 2.05) is 0 Å². The van der Waals surface area contributed by atoms with Gasteiger partial charge in [0.2, 0.25) is 0 Å². The van der Waals surface area contributed by atoms with E-state index in [9.17, 15) is 0 Å². The van der Waals surface area contributed by atoms with E-state index in [4.69, 9.17) is 0 Å². The lowest BCUT2D eigenvalue weighted by atomic mass is 10.0. The zero-order chi connectivity index (χ0) is 8.44. The Bertz CT molecular complexity index is 190. The first-order valence-electron chi connectivity index (χ1n) is 5.10. The average Bonchev–Trinajstić information content (AvgIpc) is 2.62. The SMILES string of the molecule is CC1(NC2=NCCC2)CCCC1. The molecule has 12 heavy (non-hydrogen) atoms. The minimum absolute atomic E-state index is 0.378. The smallest absolute Gasteiger partial charge is 0.0967 e. The maximum Gasteiger partial charge on any atom is 0.0967 e. The molecule has 0 radical (unpaired) electrons. The van der Waals surface area contributed by atoms with Crippen molar-refractivity contribution in [1.29, 1.82) is 0 Å². The van der Waals surface area contributed by atoms with Crippen LogP contribution in [0.1, 0.15) is 45.4 Å². The number of hydrogen-bond acceptors (Lipinski definition) is 2. The molecule has 2 nitrogen and oxygen atoms in total. The van der Waals surface area contributed by atoms with Crippen LogP contribution in [0.15, 0.2) is 4.99 Å². The van der Waals surface area contributed by atoms with Gasteiger partial charge in [-0.1, -0.05) is 12.8 Å². The molecule has 2 aliphatic rings. The molecule has 1 fully saturated rings. The number of nitrogens with zero attached hydrogens (tertiary/aromatic N) is 1. The highest BCUT2D eigenvalue weighted by atomic mass is 15.1. The minimum Gasteiger partial charge on any atom is -0.369 e. The molecule has 1 aliphatic carbocycles. The van der Waals surface area contributed by atoms with E-state index in [2.05, 4.69) is 17.2 Å². The molecule has 68 valence electrons. The molecule has 1 N–H and O–H groups in total. The molecule has 0 saturated heterocycles. The van der Waals surface area contributed by atoms with Crippen molar-refractivity contribution < 1.29 is 0 Å². The summed E-state index contributed by atoms with van der Waals surface area (Å²) in [6.45, 7) is 3.37. The summed E-state index contributed by atoms with van der Waals surface area (Å²) in [5.41, 5.74) is 0.378. The van der Waals surface area contributed by atoms with Crippen molar-refractivity contribution in [1.82, 2.24) is 5.32 Å². The molecular weight excluding hydrogens is 148 g/mol. The molecule has 1 saturated carbocycles. The van der Waals surface area contributed by atoms with Gasteiger partial charge in [0.05, 0.1) is 5.84 Å². The van der Waals surface area contributed by atoms with Crippen LogP contribution in [0.25, 0.3) is 0 Å². The lowest BCUT2D eigenvalue weighted by Crippen LogP contribution is -2.42. The second-order valence-corrected chi connectivity index (χ2v) is 4.32. The fraction of sp³-hybridized carbons (Fsp3) is 0.900. The average molecular weight is 166 g/mol. The predicted octanol–water partition coefficient (Wildman–Crippen LogP) is 2.10. The highest BCUT2D eigenvalue weighted by Crippen LogP contribution is 2.29. The monoisotopic (exact) mass is 166 g/mol. The van der Waals surface area contributed by atoms with Gasteiger partial charge in [-0.15, -0.1) is 0 Å². The Morgan fingerprint density at radius 1 is 1.25 bits per heavy atom. The normalized spacial score (nSPS) is 27.2. The molecule has 1 heterocycles. The lowest BCUT2D eigenvalue weighted by Gasteiger charge is -2.26. The lowest BCUT2D eigenvalue weighted by molar-refractivity contribution is 0.429. The standard InChI is InChI=1S/C10H18N2/c1-10(6-2-3-7-10)12-9-5-4-8-11-9/h2-8H2,1H3,(H,11,12). The van der Waals surface area contributed by atoms with Crippen molar-refractivity contribution in [3.05, 3.63) is 0 Å². The Kier molecular flexibility index (Phi) is 2.07. The number of rotatable bonds is 1. The predicted molar refractivity (Wildman–Crippen MR) is 51.5 cm³/mol. The number of amidine groups is 1. The van der Waals surface area contributed by atoms with Crippen molar-refractivity contribution in [3.8, 4) is 0 Å². The molecule has 0 amide bonds. The summed E-state index contributed by atoms with van der Waals surface area (Å²) >= 11 is 0. The molecule has 0 spiro atoms. The summed E-state index contributed by atoms with van der Waals surface area (Å²) in [7, 11) is 0. The molecular formula is C10H18N2. The van der Waals surface area contributed by atoms with E-state index in [0.29, 0.717) is 5.54 Å². The van der Waals surface area contributed by atoms with Crippen LogP contribution in [-0.2, 0) is 0 Å². The summed E-state index contributed by atoms with van der Waals surface area (Å²) in [6.07, 6.45) is 7.85. The van der Waals surface area contributed by atoms with E-state index in [1.165, 1.54) is 44.4 Å². The first-order valence-corrected chi connectivity index (χ1v) is 5.10. The Balaban J connectivity index is 1.92. The van der Waals surface area contributed by atoms with Crippen LogP contribution in [0.3, 0.4) is 0 Å². The van der Waals surface area contributed by atoms with Crippen molar-refractivity contribution in [2.75, 3.05) is 6.54 Å². The third kappa shape index (κ3) is 1.62. The molecule has 0 bridgehead atoms. The van der Waals surface area contributed by atoms with E-state index < -0.39 is 0 Å². The summed E-state index contributed by atoms with van der Waals surface area (Å²) in [6, 6.07) is 0. The van der Waals surface area contributed by atoms with Gasteiger partial charge in [-0.05, 0) is 26.2 Å². The fourth-order valence-corrected chi connectivity index (χ4v) is 2.27. The van der Waals surface area contributed by atoms with Gasteiger partial charge in [0.25, 0.3) is 0 Å². The fourth-order valence-electron chi connectivity index (χ4n) is 2.27. The minimum atomic E-state index is 0.378. The quantitative estimate of drug-likeness (QED) is 0.634. The Morgan fingerprint density at radius 2 is 2.00 bits per heavy atom. The first kappa shape index (κ1) is 8.09. The largest absolute Gasteiger partial charge is 0.369 e. The van der Waals surface area contributed by atoms with Gasteiger partial charge in [0.1, 0.15) is 0 Å². The Labute approximate surface area is 74.5 Å². The number of nitrogens with one attached hydrogen (secondary N) is 1. The van der Waals surface area contributed by atoms with Crippen LogP contribution in [0.4, 0.5) is 0 Å². The van der Waals surface area contributed by atoms with Crippen LogP contribution >= 0.6 is 0 Å². The van der Waals surface area contributed by atoms with E-state index in [-0.39, 0.29) is 0 Å². The summed E-state index contributed by atoms with van der Waals surface area (Å²) in [4.78, 5) is 4.45. The zero-order valence-corrected chi connectivity index (χ0v) is 7.90. The first-order chi connectivity index (χ1) is 5.79. The van der Waals surface area contributed by atoms with Crippen molar-refractivity contribution in [3.63, 3.8) is 0 Å². The van der Waals surface area contributed by atoms with Gasteiger partial charge in [-0.2, -0.15) is 0 Å². The van der Waals surface area contributed by atoms with E-state index in [0.717, 1.165) is 6.54 Å². The molecule has 2 rings (SSSR count). The molecule has 0 unspecified atom stereocenters.